The first kappa shape index (κ1) is 15.4. The number of benzene rings is 2. The van der Waals surface area contributed by atoms with Crippen LogP contribution in [-0.2, 0) is 11.2 Å². The molecule has 0 aliphatic rings. The lowest BCUT2D eigenvalue weighted by atomic mass is 10.1. The third-order valence-corrected chi connectivity index (χ3v) is 3.21. The number of halogens is 2. The molecule has 0 saturated heterocycles. The van der Waals surface area contributed by atoms with Gasteiger partial charge in [-0.2, -0.15) is 5.10 Å². The number of hydrogen-bond donors (Lipinski definition) is 2. The number of nitrogens with one attached hydrogen (secondary N) is 1. The Bertz CT molecular complexity index is 687. The predicted octanol–water partition coefficient (Wildman–Crippen LogP) is 3.39. The zero-order valence-corrected chi connectivity index (χ0v) is 12.4. The van der Waals surface area contributed by atoms with Crippen molar-refractivity contribution in [3.8, 4) is 5.75 Å². The van der Waals surface area contributed by atoms with E-state index in [1.54, 1.807) is 36.4 Å². The molecule has 0 radical (unpaired) electrons. The molecule has 4 nitrogen and oxygen atoms in total. The molecule has 2 N–H and O–H groups in total. The van der Waals surface area contributed by atoms with Crippen LogP contribution in [0.25, 0.3) is 0 Å². The smallest absolute Gasteiger partial charge is 0.244 e. The van der Waals surface area contributed by atoms with Crippen molar-refractivity contribution in [1.29, 1.82) is 0 Å². The van der Waals surface area contributed by atoms with Crippen molar-refractivity contribution in [3.05, 3.63) is 63.6 Å². The van der Waals surface area contributed by atoms with Gasteiger partial charge < -0.3 is 5.11 Å². The van der Waals surface area contributed by atoms with E-state index in [4.69, 9.17) is 23.2 Å². The van der Waals surface area contributed by atoms with Gasteiger partial charge in [0.15, 0.2) is 0 Å². The van der Waals surface area contributed by atoms with Crippen LogP contribution in [0.1, 0.15) is 11.1 Å². The molecular formula is C15H12Cl2N2O2. The first-order valence-electron chi connectivity index (χ1n) is 6.09. The van der Waals surface area contributed by atoms with Gasteiger partial charge in [0.1, 0.15) is 5.75 Å². The van der Waals surface area contributed by atoms with E-state index in [1.807, 2.05) is 0 Å². The van der Waals surface area contributed by atoms with Crippen LogP contribution in [0.4, 0.5) is 0 Å². The number of amides is 1. The summed E-state index contributed by atoms with van der Waals surface area (Å²) in [4.78, 5) is 11.7. The van der Waals surface area contributed by atoms with Crippen LogP contribution in [0.2, 0.25) is 10.0 Å². The second kappa shape index (κ2) is 7.11. The SMILES string of the molecule is O=C(Cc1cccc(O)c1)N/N=C/c1cc(Cl)ccc1Cl. The molecule has 0 saturated carbocycles. The number of nitrogens with zero attached hydrogens (tertiary/aromatic N) is 1. The minimum absolute atomic E-state index is 0.120. The van der Waals surface area contributed by atoms with E-state index in [9.17, 15) is 9.90 Å². The monoisotopic (exact) mass is 322 g/mol. The van der Waals surface area contributed by atoms with Gasteiger partial charge in [-0.3, -0.25) is 4.79 Å². The highest BCUT2D eigenvalue weighted by Gasteiger charge is 2.03. The molecule has 0 heterocycles. The maximum atomic E-state index is 11.7. The maximum Gasteiger partial charge on any atom is 0.244 e. The molecule has 108 valence electrons. The number of hydrazone groups is 1. The van der Waals surface area contributed by atoms with E-state index in [0.29, 0.717) is 21.2 Å². The molecular weight excluding hydrogens is 311 g/mol. The average molecular weight is 323 g/mol. The first-order valence-corrected chi connectivity index (χ1v) is 6.85. The number of hydrogen-bond acceptors (Lipinski definition) is 3. The van der Waals surface area contributed by atoms with Gasteiger partial charge in [0.05, 0.1) is 12.6 Å². The molecule has 1 amide bonds. The molecule has 0 aliphatic carbocycles. The van der Waals surface area contributed by atoms with Crippen molar-refractivity contribution in [2.75, 3.05) is 0 Å². The van der Waals surface area contributed by atoms with Gasteiger partial charge in [0.25, 0.3) is 0 Å². The van der Waals surface area contributed by atoms with Gasteiger partial charge in [0, 0.05) is 15.6 Å². The molecule has 2 aromatic carbocycles. The normalized spacial score (nSPS) is 10.8. The Morgan fingerprint density at radius 3 is 2.81 bits per heavy atom. The lowest BCUT2D eigenvalue weighted by Crippen LogP contribution is -2.19. The summed E-state index contributed by atoms with van der Waals surface area (Å²) in [5.41, 5.74) is 3.70. The van der Waals surface area contributed by atoms with E-state index in [0.717, 1.165) is 0 Å². The average Bonchev–Trinajstić information content (AvgIpc) is 2.42. The molecule has 0 atom stereocenters. The number of phenolic OH excluding ortho intramolecular Hbond substituents is 1. The minimum Gasteiger partial charge on any atom is -0.508 e. The van der Waals surface area contributed by atoms with Crippen LogP contribution in [0.15, 0.2) is 47.6 Å². The summed E-state index contributed by atoms with van der Waals surface area (Å²) >= 11 is 11.8. The lowest BCUT2D eigenvalue weighted by Gasteiger charge is -2.02. The first-order chi connectivity index (χ1) is 10.0. The topological polar surface area (TPSA) is 61.7 Å². The summed E-state index contributed by atoms with van der Waals surface area (Å²) < 4.78 is 0. The van der Waals surface area contributed by atoms with Crippen LogP contribution in [0, 0.1) is 0 Å². The van der Waals surface area contributed by atoms with Crippen LogP contribution >= 0.6 is 23.2 Å². The number of rotatable bonds is 4. The summed E-state index contributed by atoms with van der Waals surface area (Å²) in [5, 5.41) is 14.2. The lowest BCUT2D eigenvalue weighted by molar-refractivity contribution is -0.120. The quantitative estimate of drug-likeness (QED) is 0.669. The predicted molar refractivity (Wildman–Crippen MR) is 84.0 cm³/mol. The molecule has 6 heteroatoms. The van der Waals surface area contributed by atoms with E-state index in [1.165, 1.54) is 12.3 Å². The Hall–Kier alpha value is -2.04. The molecule has 21 heavy (non-hydrogen) atoms. The Kier molecular flexibility index (Phi) is 5.20. The van der Waals surface area contributed by atoms with Gasteiger partial charge >= 0.3 is 0 Å². The Morgan fingerprint density at radius 2 is 2.05 bits per heavy atom. The summed E-state index contributed by atoms with van der Waals surface area (Å²) in [6.45, 7) is 0. The molecule has 2 rings (SSSR count). The van der Waals surface area contributed by atoms with Crippen molar-refractivity contribution >= 4 is 35.3 Å². The number of carbonyl (C=O) groups is 1. The van der Waals surface area contributed by atoms with Gasteiger partial charge in [-0.1, -0.05) is 35.3 Å². The van der Waals surface area contributed by atoms with Gasteiger partial charge in [0.2, 0.25) is 5.91 Å². The van der Waals surface area contributed by atoms with Crippen molar-refractivity contribution < 1.29 is 9.90 Å². The third-order valence-electron chi connectivity index (χ3n) is 2.63. The minimum atomic E-state index is -0.296. The molecule has 0 aliphatic heterocycles. The van der Waals surface area contributed by atoms with Gasteiger partial charge in [-0.05, 0) is 35.9 Å². The second-order valence-electron chi connectivity index (χ2n) is 4.31. The van der Waals surface area contributed by atoms with E-state index in [-0.39, 0.29) is 18.1 Å². The summed E-state index contributed by atoms with van der Waals surface area (Å²) in [6.07, 6.45) is 1.55. The van der Waals surface area contributed by atoms with Crippen molar-refractivity contribution in [3.63, 3.8) is 0 Å². The standard InChI is InChI=1S/C15H12Cl2N2O2/c16-12-4-5-14(17)11(8-12)9-18-19-15(21)7-10-2-1-3-13(20)6-10/h1-6,8-9,20H,7H2,(H,19,21)/b18-9+. The Morgan fingerprint density at radius 1 is 1.24 bits per heavy atom. The van der Waals surface area contributed by atoms with E-state index >= 15 is 0 Å². The van der Waals surface area contributed by atoms with Crippen LogP contribution < -0.4 is 5.43 Å². The largest absolute Gasteiger partial charge is 0.508 e. The molecule has 0 unspecified atom stereocenters. The molecule has 0 spiro atoms. The third kappa shape index (κ3) is 4.77. The molecule has 0 fully saturated rings. The van der Waals surface area contributed by atoms with Crippen LogP contribution in [0.3, 0.4) is 0 Å². The zero-order chi connectivity index (χ0) is 15.2. The van der Waals surface area contributed by atoms with Crippen LogP contribution in [-0.4, -0.2) is 17.2 Å². The Balaban J connectivity index is 1.94. The molecule has 0 bridgehead atoms. The molecule has 0 aromatic heterocycles. The number of aromatic hydroxyl groups is 1. The fourth-order valence-electron chi connectivity index (χ4n) is 1.68. The van der Waals surface area contributed by atoms with Crippen molar-refractivity contribution in [2.24, 2.45) is 5.10 Å². The van der Waals surface area contributed by atoms with Crippen molar-refractivity contribution in [2.45, 2.75) is 6.42 Å². The Labute approximate surface area is 132 Å². The van der Waals surface area contributed by atoms with Crippen molar-refractivity contribution in [1.82, 2.24) is 5.43 Å². The zero-order valence-electron chi connectivity index (χ0n) is 10.9. The maximum absolute atomic E-state index is 11.7. The summed E-state index contributed by atoms with van der Waals surface area (Å²) in [5.74, 6) is -0.176. The fraction of sp³-hybridized carbons (Fsp3) is 0.0667. The second-order valence-corrected chi connectivity index (χ2v) is 5.15. The van der Waals surface area contributed by atoms with Gasteiger partial charge in [-0.25, -0.2) is 5.43 Å². The number of phenols is 1. The fourth-order valence-corrected chi connectivity index (χ4v) is 2.03. The summed E-state index contributed by atoms with van der Waals surface area (Å²) in [7, 11) is 0. The number of carbonyl (C=O) groups excluding carboxylic acids is 1. The highest BCUT2D eigenvalue weighted by Crippen LogP contribution is 2.18. The highest BCUT2D eigenvalue weighted by molar-refractivity contribution is 6.35. The molecule has 2 aromatic rings. The van der Waals surface area contributed by atoms with E-state index < -0.39 is 0 Å². The highest BCUT2D eigenvalue weighted by atomic mass is 35.5. The summed E-state index contributed by atoms with van der Waals surface area (Å²) in [6, 6.07) is 11.5. The van der Waals surface area contributed by atoms with E-state index in [2.05, 4.69) is 10.5 Å². The van der Waals surface area contributed by atoms with Gasteiger partial charge in [-0.15, -0.1) is 0 Å². The van der Waals surface area contributed by atoms with Crippen LogP contribution in [0.5, 0.6) is 5.75 Å².